The first kappa shape index (κ1) is 56.1. The number of rotatable bonds is 8. The molecule has 0 aliphatic rings. The Morgan fingerprint density at radius 2 is 0.574 bits per heavy atom. The summed E-state index contributed by atoms with van der Waals surface area (Å²) >= 11 is 0. The average Bonchev–Trinajstić information content (AvgIpc) is 3.14. The van der Waals surface area contributed by atoms with Gasteiger partial charge in [-0.15, -0.1) is 0 Å². The second-order valence-electron chi connectivity index (χ2n) is 15.4. The summed E-state index contributed by atoms with van der Waals surface area (Å²) in [5.74, 6) is -2.00. The van der Waals surface area contributed by atoms with Crippen molar-refractivity contribution < 1.29 is 115 Å². The fourth-order valence-corrected chi connectivity index (χ4v) is 10.5. The van der Waals surface area contributed by atoms with Crippen molar-refractivity contribution in [3.63, 3.8) is 0 Å². The Morgan fingerprint density at radius 1 is 0.382 bits per heavy atom. The van der Waals surface area contributed by atoms with Crippen molar-refractivity contribution in [2.75, 3.05) is 7.05 Å². The van der Waals surface area contributed by atoms with Crippen molar-refractivity contribution in [1.29, 1.82) is 0 Å². The molecule has 0 aromatic heterocycles. The van der Waals surface area contributed by atoms with Crippen molar-refractivity contribution in [2.45, 2.75) is 76.3 Å². The van der Waals surface area contributed by atoms with Crippen LogP contribution >= 0.6 is 16.2 Å². The summed E-state index contributed by atoms with van der Waals surface area (Å²) in [4.78, 5) is 14.7. The highest BCUT2D eigenvalue weighted by Gasteiger charge is 2.47. The normalized spacial score (nSPS) is 14.5. The largest absolute Gasteiger partial charge is 0.416 e. The van der Waals surface area contributed by atoms with Gasteiger partial charge >= 0.3 is 49.4 Å². The third kappa shape index (κ3) is 13.4. The molecule has 29 heteroatoms. The minimum atomic E-state index is -5.78. The molecular formula is C39H25F24NO2P2. The summed E-state index contributed by atoms with van der Waals surface area (Å²) in [6, 6.07) is -3.86. The van der Waals surface area contributed by atoms with E-state index in [1.807, 2.05) is 0 Å². The molecule has 0 radical (unpaired) electrons. The van der Waals surface area contributed by atoms with E-state index in [1.54, 1.807) is 0 Å². The molecule has 0 spiro atoms. The van der Waals surface area contributed by atoms with Gasteiger partial charge in [-0.25, -0.2) is 0 Å². The van der Waals surface area contributed by atoms with Crippen LogP contribution in [0.2, 0.25) is 0 Å². The molecule has 1 amide bonds. The van der Waals surface area contributed by atoms with Crippen molar-refractivity contribution in [2.24, 2.45) is 5.41 Å². The number of amides is 1. The molecule has 1 atom stereocenters. The minimum absolute atomic E-state index is 0.0788. The maximum absolute atomic E-state index is 14.7. The lowest BCUT2D eigenvalue weighted by Gasteiger charge is -2.38. The van der Waals surface area contributed by atoms with E-state index in [2.05, 4.69) is 0 Å². The third-order valence-corrected chi connectivity index (χ3v) is 13.3. The molecule has 0 unspecified atom stereocenters. The van der Waals surface area contributed by atoms with E-state index in [4.69, 9.17) is 4.52 Å². The highest BCUT2D eigenvalue weighted by atomic mass is 31.1. The topological polar surface area (TPSA) is 29.5 Å². The van der Waals surface area contributed by atoms with Crippen molar-refractivity contribution >= 4 is 43.3 Å². The maximum Gasteiger partial charge on any atom is 0.416 e. The number of alkyl halides is 24. The molecule has 0 bridgehead atoms. The molecule has 4 aromatic carbocycles. The number of hydrogen-bond acceptors (Lipinski definition) is 2. The number of hydrogen-bond donors (Lipinski definition) is 0. The van der Waals surface area contributed by atoms with Crippen LogP contribution in [0.15, 0.2) is 72.8 Å². The summed E-state index contributed by atoms with van der Waals surface area (Å²) in [7, 11) is -7.75. The molecule has 4 rings (SSSR count). The van der Waals surface area contributed by atoms with Crippen LogP contribution in [0.3, 0.4) is 0 Å². The predicted molar refractivity (Wildman–Crippen MR) is 195 cm³/mol. The number of carbonyl (C=O) groups is 1. The number of nitrogens with zero attached hydrogens (tertiary/aromatic N) is 1. The fourth-order valence-electron chi connectivity index (χ4n) is 5.95. The quantitative estimate of drug-likeness (QED) is 0.130. The standard InChI is InChI=1S/C39H25F24NO2P2/c1-31(2,3)29(66-68(27-13-21(36(52,53)54)7-22(14-27)37(55,56)57)28-15-23(38(58,59)60)8-24(16-28)39(61,62)63)30(65)64(4)67(25-9-17(32(40,41)42)5-18(10-25)33(43,44)45)26-11-19(34(46,47)48)6-20(12-26)35(49,50)51/h5-16,29H,1-4H3/t29-/m0/s1. The molecule has 0 aliphatic carbocycles. The molecule has 0 heterocycles. The van der Waals surface area contributed by atoms with Crippen molar-refractivity contribution in [3.8, 4) is 0 Å². The van der Waals surface area contributed by atoms with E-state index in [0.717, 1.165) is 20.8 Å². The van der Waals surface area contributed by atoms with Crippen LogP contribution in [0.4, 0.5) is 105 Å². The summed E-state index contributed by atoms with van der Waals surface area (Å²) in [6.45, 7) is 2.62. The summed E-state index contributed by atoms with van der Waals surface area (Å²) in [5.41, 5.74) is -20.2. The Morgan fingerprint density at radius 3 is 0.750 bits per heavy atom. The van der Waals surface area contributed by atoms with E-state index in [0.29, 0.717) is 7.05 Å². The lowest BCUT2D eigenvalue weighted by molar-refractivity contribution is -0.144. The second-order valence-corrected chi connectivity index (χ2v) is 19.5. The first-order valence-electron chi connectivity index (χ1n) is 17.9. The van der Waals surface area contributed by atoms with Gasteiger partial charge in [0.25, 0.3) is 5.91 Å². The zero-order valence-corrected chi connectivity index (χ0v) is 35.5. The second kappa shape index (κ2) is 18.3. The van der Waals surface area contributed by atoms with Crippen LogP contribution in [0.5, 0.6) is 0 Å². The third-order valence-electron chi connectivity index (χ3n) is 9.09. The van der Waals surface area contributed by atoms with Gasteiger partial charge in [0, 0.05) is 28.3 Å². The van der Waals surface area contributed by atoms with Gasteiger partial charge in [-0.3, -0.25) is 4.79 Å². The number of likely N-dealkylation sites (N-methyl/N-ethyl adjacent to an activating group) is 1. The summed E-state index contributed by atoms with van der Waals surface area (Å²) in [5, 5.41) is -6.02. The molecule has 3 nitrogen and oxygen atoms in total. The van der Waals surface area contributed by atoms with Gasteiger partial charge in [0.15, 0.2) is 0 Å². The average molecular weight is 1060 g/mol. The zero-order valence-electron chi connectivity index (χ0n) is 33.7. The molecule has 68 heavy (non-hydrogen) atoms. The van der Waals surface area contributed by atoms with Crippen LogP contribution in [0, 0.1) is 5.41 Å². The first-order chi connectivity index (χ1) is 30.2. The van der Waals surface area contributed by atoms with Gasteiger partial charge in [0.1, 0.15) is 6.10 Å². The zero-order chi connectivity index (χ0) is 52.5. The molecule has 0 saturated heterocycles. The smallest absolute Gasteiger partial charge is 0.336 e. The fraction of sp³-hybridized carbons (Fsp3) is 0.359. The van der Waals surface area contributed by atoms with Gasteiger partial charge in [-0.05, 0) is 78.2 Å². The van der Waals surface area contributed by atoms with E-state index < -0.39 is 173 Å². The Hall–Kier alpha value is -4.51. The molecule has 4 aromatic rings. The van der Waals surface area contributed by atoms with Crippen molar-refractivity contribution in [3.05, 3.63) is 117 Å². The lowest BCUT2D eigenvalue weighted by Crippen LogP contribution is -2.45. The van der Waals surface area contributed by atoms with Crippen LogP contribution in [-0.2, 0) is 58.7 Å². The van der Waals surface area contributed by atoms with Gasteiger partial charge in [-0.1, -0.05) is 20.8 Å². The SMILES string of the molecule is CN(C(=O)[C@H](OP(c1cc(C(F)(F)F)cc(C(F)(F)F)c1)c1cc(C(F)(F)F)cc(C(F)(F)F)c1)C(C)(C)C)P(c1cc(C(F)(F)F)cc(C(F)(F)F)c1)c1cc(C(F)(F)F)cc(C(F)(F)F)c1. The van der Waals surface area contributed by atoms with Crippen LogP contribution in [0.1, 0.15) is 65.3 Å². The minimum Gasteiger partial charge on any atom is -0.336 e. The molecule has 376 valence electrons. The molecule has 0 N–H and O–H groups in total. The van der Waals surface area contributed by atoms with Crippen LogP contribution in [0.25, 0.3) is 0 Å². The van der Waals surface area contributed by atoms with Gasteiger partial charge < -0.3 is 9.19 Å². The van der Waals surface area contributed by atoms with E-state index in [9.17, 15) is 110 Å². The van der Waals surface area contributed by atoms with Crippen molar-refractivity contribution in [1.82, 2.24) is 4.67 Å². The van der Waals surface area contributed by atoms with Crippen LogP contribution in [-0.4, -0.2) is 23.7 Å². The highest BCUT2D eigenvalue weighted by molar-refractivity contribution is 7.71. The number of carbonyl (C=O) groups excluding carboxylic acids is 1. The maximum atomic E-state index is 14.7. The Bertz CT molecular complexity index is 2210. The molecular weight excluding hydrogens is 1030 g/mol. The van der Waals surface area contributed by atoms with Gasteiger partial charge in [0.2, 0.25) is 0 Å². The van der Waals surface area contributed by atoms with E-state index in [1.165, 1.54) is 0 Å². The Balaban J connectivity index is 2.18. The van der Waals surface area contributed by atoms with Crippen LogP contribution < -0.4 is 21.2 Å². The van der Waals surface area contributed by atoms with Gasteiger partial charge in [0.05, 0.1) is 60.7 Å². The monoisotopic (exact) mass is 1060 g/mol. The summed E-state index contributed by atoms with van der Waals surface area (Å²) < 4.78 is 344. The Labute approximate surface area is 368 Å². The molecule has 0 saturated carbocycles. The molecule has 0 aliphatic heterocycles. The highest BCUT2D eigenvalue weighted by Crippen LogP contribution is 2.50. The molecule has 0 fully saturated rings. The first-order valence-corrected chi connectivity index (χ1v) is 20.5. The van der Waals surface area contributed by atoms with E-state index >= 15 is 0 Å². The number of halogens is 24. The number of benzene rings is 4. The summed E-state index contributed by atoms with van der Waals surface area (Å²) in [6.07, 6.45) is -49.0. The van der Waals surface area contributed by atoms with Gasteiger partial charge in [-0.2, -0.15) is 105 Å². The Kier molecular flexibility index (Phi) is 15.1. The lowest BCUT2D eigenvalue weighted by atomic mass is 9.89. The van der Waals surface area contributed by atoms with E-state index in [-0.39, 0.29) is 53.2 Å². The predicted octanol–water partition coefficient (Wildman–Crippen LogP) is 14.1.